The predicted octanol–water partition coefficient (Wildman–Crippen LogP) is -0.708. The number of carbonyl (C=O) groups excluding carboxylic acids is 2. The molecule has 0 heterocycles. The first-order chi connectivity index (χ1) is 7.59. The molecule has 0 bridgehead atoms. The van der Waals surface area contributed by atoms with E-state index in [1.807, 2.05) is 0 Å². The number of amides is 2. The van der Waals surface area contributed by atoms with E-state index in [1.54, 1.807) is 24.3 Å². The lowest BCUT2D eigenvalue weighted by molar-refractivity contribution is -0.125. The lowest BCUT2D eigenvalue weighted by Gasteiger charge is -2.05. The summed E-state index contributed by atoms with van der Waals surface area (Å²) in [6.07, 6.45) is 0. The van der Waals surface area contributed by atoms with Gasteiger partial charge in [0.2, 0.25) is 11.8 Å². The lowest BCUT2D eigenvalue weighted by Crippen LogP contribution is -2.24. The summed E-state index contributed by atoms with van der Waals surface area (Å²) in [5.74, 6) is -1.04. The molecule has 16 heavy (non-hydrogen) atoms. The van der Waals surface area contributed by atoms with E-state index in [1.165, 1.54) is 0 Å². The van der Waals surface area contributed by atoms with Gasteiger partial charge in [0, 0.05) is 12.1 Å². The van der Waals surface area contributed by atoms with Crippen molar-refractivity contribution in [2.24, 2.45) is 11.5 Å². The summed E-state index contributed by atoms with van der Waals surface area (Å²) >= 11 is 0. The molecule has 0 unspecified atom stereocenters. The van der Waals surface area contributed by atoms with Gasteiger partial charge in [0.15, 0.2) is 0 Å². The van der Waals surface area contributed by atoms with Crippen molar-refractivity contribution >= 4 is 11.8 Å². The zero-order valence-electron chi connectivity index (χ0n) is 8.60. The number of nitrogens with two attached hydrogens (primary N) is 2. The van der Waals surface area contributed by atoms with Gasteiger partial charge in [0.05, 0.1) is 0 Å². The van der Waals surface area contributed by atoms with E-state index in [0.29, 0.717) is 12.1 Å². The standard InChI is InChI=1S/C10H13N3O3/c11-9(14)6-16-13-5-7-2-1-3-8(4-7)10(12)15/h1-4,13H,5-6H2,(H2,11,14)(H2,12,15). The van der Waals surface area contributed by atoms with Crippen molar-refractivity contribution < 1.29 is 14.4 Å². The Morgan fingerprint density at radius 3 is 2.69 bits per heavy atom. The van der Waals surface area contributed by atoms with Crippen LogP contribution in [0.3, 0.4) is 0 Å². The number of primary amides is 2. The summed E-state index contributed by atoms with van der Waals surface area (Å²) in [6.45, 7) is 0.157. The fourth-order valence-electron chi connectivity index (χ4n) is 1.09. The molecule has 1 aromatic rings. The second-order valence-corrected chi connectivity index (χ2v) is 3.14. The molecule has 6 heteroatoms. The van der Waals surface area contributed by atoms with Crippen molar-refractivity contribution in [1.29, 1.82) is 0 Å². The third kappa shape index (κ3) is 4.07. The highest BCUT2D eigenvalue weighted by Gasteiger charge is 2.01. The molecule has 5 N–H and O–H groups in total. The van der Waals surface area contributed by atoms with Crippen LogP contribution in [-0.2, 0) is 16.2 Å². The van der Waals surface area contributed by atoms with Crippen LogP contribution in [0.2, 0.25) is 0 Å². The maximum Gasteiger partial charge on any atom is 0.248 e. The van der Waals surface area contributed by atoms with Gasteiger partial charge in [-0.05, 0) is 17.7 Å². The summed E-state index contributed by atoms with van der Waals surface area (Å²) in [5, 5.41) is 0. The molecule has 0 saturated carbocycles. The highest BCUT2D eigenvalue weighted by atomic mass is 16.6. The topological polar surface area (TPSA) is 107 Å². The Morgan fingerprint density at radius 1 is 1.31 bits per heavy atom. The van der Waals surface area contributed by atoms with Crippen LogP contribution >= 0.6 is 0 Å². The van der Waals surface area contributed by atoms with Gasteiger partial charge in [0.1, 0.15) is 6.61 Å². The third-order valence-corrected chi connectivity index (χ3v) is 1.80. The van der Waals surface area contributed by atoms with Gasteiger partial charge in [-0.3, -0.25) is 14.4 Å². The largest absolute Gasteiger partial charge is 0.368 e. The van der Waals surface area contributed by atoms with Crippen molar-refractivity contribution in [3.05, 3.63) is 35.4 Å². The molecule has 0 radical (unpaired) electrons. The minimum Gasteiger partial charge on any atom is -0.368 e. The molecule has 6 nitrogen and oxygen atoms in total. The van der Waals surface area contributed by atoms with Gasteiger partial charge in [-0.15, -0.1) is 0 Å². The van der Waals surface area contributed by atoms with Crippen LogP contribution in [0, 0.1) is 0 Å². The minimum absolute atomic E-state index is 0.199. The summed E-state index contributed by atoms with van der Waals surface area (Å²) < 4.78 is 0. The first-order valence-electron chi connectivity index (χ1n) is 4.61. The van der Waals surface area contributed by atoms with Gasteiger partial charge in [0.25, 0.3) is 0 Å². The zero-order chi connectivity index (χ0) is 12.0. The first-order valence-corrected chi connectivity index (χ1v) is 4.61. The number of rotatable bonds is 6. The first kappa shape index (κ1) is 12.2. The average Bonchev–Trinajstić information content (AvgIpc) is 2.24. The molecular formula is C10H13N3O3. The molecule has 0 aliphatic heterocycles. The van der Waals surface area contributed by atoms with E-state index >= 15 is 0 Å². The summed E-state index contributed by atoms with van der Waals surface area (Å²) in [4.78, 5) is 26.0. The molecule has 0 aromatic heterocycles. The van der Waals surface area contributed by atoms with Gasteiger partial charge in [-0.2, -0.15) is 5.48 Å². The predicted molar refractivity (Wildman–Crippen MR) is 56.9 cm³/mol. The van der Waals surface area contributed by atoms with E-state index in [9.17, 15) is 9.59 Å². The Labute approximate surface area is 92.5 Å². The second kappa shape index (κ2) is 5.84. The number of hydrogen-bond donors (Lipinski definition) is 3. The molecule has 0 fully saturated rings. The summed E-state index contributed by atoms with van der Waals surface area (Å²) in [6, 6.07) is 6.78. The quantitative estimate of drug-likeness (QED) is 0.437. The SMILES string of the molecule is NC(=O)CONCc1cccc(C(N)=O)c1. The maximum atomic E-state index is 10.9. The van der Waals surface area contributed by atoms with E-state index in [4.69, 9.17) is 16.3 Å². The fraction of sp³-hybridized carbons (Fsp3) is 0.200. The van der Waals surface area contributed by atoms with Crippen LogP contribution < -0.4 is 16.9 Å². The van der Waals surface area contributed by atoms with Gasteiger partial charge < -0.3 is 11.5 Å². The Bertz CT molecular complexity index is 393. The summed E-state index contributed by atoms with van der Waals surface area (Å²) in [5.41, 5.74) is 13.8. The minimum atomic E-state index is -0.557. The molecule has 0 saturated heterocycles. The number of benzene rings is 1. The smallest absolute Gasteiger partial charge is 0.248 e. The molecule has 1 aromatic carbocycles. The van der Waals surface area contributed by atoms with E-state index in [2.05, 4.69) is 5.48 Å². The second-order valence-electron chi connectivity index (χ2n) is 3.14. The molecule has 0 atom stereocenters. The van der Waals surface area contributed by atoms with Crippen molar-refractivity contribution in [1.82, 2.24) is 5.48 Å². The highest BCUT2D eigenvalue weighted by molar-refractivity contribution is 5.92. The maximum absolute atomic E-state index is 10.9. The monoisotopic (exact) mass is 223 g/mol. The Morgan fingerprint density at radius 2 is 2.06 bits per heavy atom. The lowest BCUT2D eigenvalue weighted by atomic mass is 10.1. The average molecular weight is 223 g/mol. The summed E-state index contributed by atoms with van der Waals surface area (Å²) in [7, 11) is 0. The number of nitrogens with one attached hydrogen (secondary N) is 1. The van der Waals surface area contributed by atoms with Crippen molar-refractivity contribution in [2.75, 3.05) is 6.61 Å². The molecule has 0 aliphatic carbocycles. The van der Waals surface area contributed by atoms with Crippen LogP contribution in [0.4, 0.5) is 0 Å². The van der Waals surface area contributed by atoms with Crippen LogP contribution in [0.1, 0.15) is 15.9 Å². The van der Waals surface area contributed by atoms with Crippen LogP contribution in [0.15, 0.2) is 24.3 Å². The van der Waals surface area contributed by atoms with Crippen molar-refractivity contribution in [2.45, 2.75) is 6.54 Å². The van der Waals surface area contributed by atoms with E-state index in [0.717, 1.165) is 5.56 Å². The van der Waals surface area contributed by atoms with Crippen LogP contribution in [-0.4, -0.2) is 18.4 Å². The Balaban J connectivity index is 2.45. The number of carbonyl (C=O) groups is 2. The van der Waals surface area contributed by atoms with E-state index < -0.39 is 11.8 Å². The zero-order valence-corrected chi connectivity index (χ0v) is 8.60. The molecule has 0 aliphatic rings. The van der Waals surface area contributed by atoms with Gasteiger partial charge >= 0.3 is 0 Å². The Kier molecular flexibility index (Phi) is 4.43. The highest BCUT2D eigenvalue weighted by Crippen LogP contribution is 2.04. The number of hydroxylamine groups is 1. The molecule has 2 amide bonds. The van der Waals surface area contributed by atoms with Crippen molar-refractivity contribution in [3.63, 3.8) is 0 Å². The van der Waals surface area contributed by atoms with Crippen molar-refractivity contribution in [3.8, 4) is 0 Å². The van der Waals surface area contributed by atoms with Gasteiger partial charge in [-0.25, -0.2) is 0 Å². The van der Waals surface area contributed by atoms with E-state index in [-0.39, 0.29) is 6.61 Å². The molecule has 1 rings (SSSR count). The van der Waals surface area contributed by atoms with Crippen LogP contribution in [0.25, 0.3) is 0 Å². The van der Waals surface area contributed by atoms with Gasteiger partial charge in [-0.1, -0.05) is 12.1 Å². The third-order valence-electron chi connectivity index (χ3n) is 1.80. The van der Waals surface area contributed by atoms with Crippen LogP contribution in [0.5, 0.6) is 0 Å². The molecular weight excluding hydrogens is 210 g/mol. The normalized spacial score (nSPS) is 10.0. The molecule has 86 valence electrons. The number of hydrogen-bond acceptors (Lipinski definition) is 4. The fourth-order valence-corrected chi connectivity index (χ4v) is 1.09. The Hall–Kier alpha value is -1.92. The molecule has 0 spiro atoms.